The first kappa shape index (κ1) is 8.93. The Labute approximate surface area is 82.3 Å². The van der Waals surface area contributed by atoms with Crippen molar-refractivity contribution in [2.24, 2.45) is 5.84 Å². The van der Waals surface area contributed by atoms with Crippen LogP contribution < -0.4 is 11.3 Å². The first-order valence-corrected chi connectivity index (χ1v) is 4.43. The Kier molecular flexibility index (Phi) is 2.58. The molecule has 0 saturated heterocycles. The van der Waals surface area contributed by atoms with Crippen molar-refractivity contribution >= 4 is 0 Å². The summed E-state index contributed by atoms with van der Waals surface area (Å²) in [6.07, 6.45) is 1.76. The molecule has 2 aromatic rings. The number of nitrogens with two attached hydrogens (primary N) is 1. The second-order valence-corrected chi connectivity index (χ2v) is 2.95. The Hall–Kier alpha value is -1.65. The molecule has 0 saturated carbocycles. The third-order valence-electron chi connectivity index (χ3n) is 2.01. The number of benzene rings is 1. The molecule has 0 unspecified atom stereocenters. The molecule has 1 heterocycles. The molecule has 0 aliphatic carbocycles. The fourth-order valence-electron chi connectivity index (χ4n) is 1.37. The molecule has 0 aliphatic rings. The summed E-state index contributed by atoms with van der Waals surface area (Å²) in [5.74, 6) is 5.28. The lowest BCUT2D eigenvalue weighted by Gasteiger charge is -2.05. The normalized spacial score (nSPS) is 10.4. The summed E-state index contributed by atoms with van der Waals surface area (Å²) in [4.78, 5) is 0. The average molecular weight is 188 g/mol. The highest BCUT2D eigenvalue weighted by Crippen LogP contribution is 2.08. The molecule has 0 atom stereocenters. The van der Waals surface area contributed by atoms with Crippen molar-refractivity contribution < 1.29 is 0 Å². The van der Waals surface area contributed by atoms with Gasteiger partial charge in [-0.05, 0) is 18.2 Å². The van der Waals surface area contributed by atoms with Crippen molar-refractivity contribution in [2.75, 3.05) is 0 Å². The topological polar surface area (TPSA) is 55.9 Å². The molecule has 0 aliphatic heterocycles. The Morgan fingerprint density at radius 2 is 2.00 bits per heavy atom. The number of nitrogens with one attached hydrogen (secondary N) is 1. The number of rotatable bonds is 3. The van der Waals surface area contributed by atoms with Crippen molar-refractivity contribution in [1.29, 1.82) is 0 Å². The highest BCUT2D eigenvalue weighted by molar-refractivity contribution is 5.32. The van der Waals surface area contributed by atoms with E-state index in [4.69, 9.17) is 5.84 Å². The van der Waals surface area contributed by atoms with Gasteiger partial charge in [0.05, 0.1) is 17.9 Å². The molecule has 0 spiro atoms. The minimum atomic E-state index is 0.606. The third kappa shape index (κ3) is 1.66. The zero-order chi connectivity index (χ0) is 9.80. The van der Waals surface area contributed by atoms with Crippen molar-refractivity contribution in [3.05, 3.63) is 48.3 Å². The summed E-state index contributed by atoms with van der Waals surface area (Å²) in [7, 11) is 0. The second kappa shape index (κ2) is 4.04. The lowest BCUT2D eigenvalue weighted by molar-refractivity contribution is 0.686. The van der Waals surface area contributed by atoms with Gasteiger partial charge in [-0.3, -0.25) is 11.3 Å². The van der Waals surface area contributed by atoms with Crippen molar-refractivity contribution in [3.8, 4) is 5.69 Å². The second-order valence-electron chi connectivity index (χ2n) is 2.95. The number of para-hydroxylation sites is 1. The van der Waals surface area contributed by atoms with Crippen molar-refractivity contribution in [1.82, 2.24) is 15.2 Å². The molecular weight excluding hydrogens is 176 g/mol. The van der Waals surface area contributed by atoms with Crippen LogP contribution in [0.15, 0.2) is 42.6 Å². The number of aromatic nitrogens is 2. The fraction of sp³-hybridized carbons (Fsp3) is 0.100. The highest BCUT2D eigenvalue weighted by Gasteiger charge is 2.02. The Morgan fingerprint density at radius 1 is 1.21 bits per heavy atom. The molecule has 0 bridgehead atoms. The van der Waals surface area contributed by atoms with E-state index >= 15 is 0 Å². The van der Waals surface area contributed by atoms with Crippen LogP contribution in [0.25, 0.3) is 5.69 Å². The van der Waals surface area contributed by atoms with Gasteiger partial charge in [0.15, 0.2) is 0 Å². The summed E-state index contributed by atoms with van der Waals surface area (Å²) < 4.78 is 1.86. The standard InChI is InChI=1S/C10H12N4/c11-12-8-10-6-7-13-14(10)9-4-2-1-3-5-9/h1-7,12H,8,11H2. The number of nitrogens with zero attached hydrogens (tertiary/aromatic N) is 2. The van der Waals surface area contributed by atoms with Crippen LogP contribution in [0.1, 0.15) is 5.69 Å². The van der Waals surface area contributed by atoms with Crippen LogP contribution in [0.2, 0.25) is 0 Å². The van der Waals surface area contributed by atoms with E-state index in [1.54, 1.807) is 6.20 Å². The van der Waals surface area contributed by atoms with E-state index in [0.717, 1.165) is 11.4 Å². The van der Waals surface area contributed by atoms with Gasteiger partial charge in [-0.25, -0.2) is 4.68 Å². The smallest absolute Gasteiger partial charge is 0.0649 e. The maximum absolute atomic E-state index is 5.28. The molecule has 4 heteroatoms. The van der Waals surface area contributed by atoms with E-state index in [1.807, 2.05) is 41.1 Å². The van der Waals surface area contributed by atoms with Gasteiger partial charge in [-0.2, -0.15) is 5.10 Å². The Morgan fingerprint density at radius 3 is 2.71 bits per heavy atom. The first-order chi connectivity index (χ1) is 6.92. The van der Waals surface area contributed by atoms with Gasteiger partial charge in [-0.1, -0.05) is 18.2 Å². The molecule has 0 amide bonds. The predicted octanol–water partition coefficient (Wildman–Crippen LogP) is 0.836. The molecule has 0 fully saturated rings. The minimum absolute atomic E-state index is 0.606. The minimum Gasteiger partial charge on any atom is -0.271 e. The van der Waals surface area contributed by atoms with Crippen LogP contribution in [-0.2, 0) is 6.54 Å². The SMILES string of the molecule is NNCc1ccnn1-c1ccccc1. The number of hydrazine groups is 1. The highest BCUT2D eigenvalue weighted by atomic mass is 15.3. The van der Waals surface area contributed by atoms with Gasteiger partial charge in [0.1, 0.15) is 0 Å². The van der Waals surface area contributed by atoms with E-state index in [0.29, 0.717) is 6.54 Å². The summed E-state index contributed by atoms with van der Waals surface area (Å²) in [5, 5.41) is 4.23. The van der Waals surface area contributed by atoms with Gasteiger partial charge >= 0.3 is 0 Å². The van der Waals surface area contributed by atoms with Crippen LogP contribution >= 0.6 is 0 Å². The fourth-order valence-corrected chi connectivity index (χ4v) is 1.37. The maximum atomic E-state index is 5.28. The number of hydrogen-bond donors (Lipinski definition) is 2. The van der Waals surface area contributed by atoms with Gasteiger partial charge in [0, 0.05) is 6.20 Å². The van der Waals surface area contributed by atoms with Crippen LogP contribution in [0.4, 0.5) is 0 Å². The average Bonchev–Trinajstić information content (AvgIpc) is 2.68. The molecule has 4 nitrogen and oxygen atoms in total. The molecule has 2 rings (SSSR count). The summed E-state index contributed by atoms with van der Waals surface area (Å²) in [6, 6.07) is 11.9. The van der Waals surface area contributed by atoms with Gasteiger partial charge in [-0.15, -0.1) is 0 Å². The lowest BCUT2D eigenvalue weighted by Crippen LogP contribution is -2.22. The third-order valence-corrected chi connectivity index (χ3v) is 2.01. The van der Waals surface area contributed by atoms with Gasteiger partial charge in [0.2, 0.25) is 0 Å². The zero-order valence-electron chi connectivity index (χ0n) is 7.72. The summed E-state index contributed by atoms with van der Waals surface area (Å²) in [6.45, 7) is 0.606. The summed E-state index contributed by atoms with van der Waals surface area (Å²) in [5.41, 5.74) is 4.70. The van der Waals surface area contributed by atoms with Crippen molar-refractivity contribution in [2.45, 2.75) is 6.54 Å². The van der Waals surface area contributed by atoms with E-state index in [-0.39, 0.29) is 0 Å². The van der Waals surface area contributed by atoms with E-state index in [1.165, 1.54) is 0 Å². The Balaban J connectivity index is 2.37. The zero-order valence-corrected chi connectivity index (χ0v) is 7.72. The van der Waals surface area contributed by atoms with E-state index in [2.05, 4.69) is 10.5 Å². The Bertz CT molecular complexity index is 394. The predicted molar refractivity (Wildman–Crippen MR) is 54.6 cm³/mol. The van der Waals surface area contributed by atoms with E-state index < -0.39 is 0 Å². The van der Waals surface area contributed by atoms with Gasteiger partial charge in [0.25, 0.3) is 0 Å². The molecule has 1 aromatic heterocycles. The van der Waals surface area contributed by atoms with Crippen molar-refractivity contribution in [3.63, 3.8) is 0 Å². The number of hydrogen-bond acceptors (Lipinski definition) is 3. The molecule has 14 heavy (non-hydrogen) atoms. The van der Waals surface area contributed by atoms with Crippen LogP contribution in [0, 0.1) is 0 Å². The summed E-state index contributed by atoms with van der Waals surface area (Å²) >= 11 is 0. The molecular formula is C10H12N4. The maximum Gasteiger partial charge on any atom is 0.0649 e. The molecule has 72 valence electrons. The quantitative estimate of drug-likeness (QED) is 0.554. The molecule has 1 aromatic carbocycles. The molecule has 0 radical (unpaired) electrons. The largest absolute Gasteiger partial charge is 0.271 e. The van der Waals surface area contributed by atoms with Crippen LogP contribution in [0.5, 0.6) is 0 Å². The van der Waals surface area contributed by atoms with Gasteiger partial charge < -0.3 is 0 Å². The van der Waals surface area contributed by atoms with Crippen LogP contribution in [-0.4, -0.2) is 9.78 Å². The lowest BCUT2D eigenvalue weighted by atomic mass is 10.3. The monoisotopic (exact) mass is 188 g/mol. The van der Waals surface area contributed by atoms with Crippen LogP contribution in [0.3, 0.4) is 0 Å². The first-order valence-electron chi connectivity index (χ1n) is 4.43. The van der Waals surface area contributed by atoms with E-state index in [9.17, 15) is 0 Å². The molecule has 3 N–H and O–H groups in total.